The highest BCUT2D eigenvalue weighted by Gasteiger charge is 2.19. The third kappa shape index (κ3) is 7.05. The Morgan fingerprint density at radius 1 is 1.00 bits per heavy atom. The van der Waals surface area contributed by atoms with Gasteiger partial charge in [0.05, 0.1) is 45.0 Å². The van der Waals surface area contributed by atoms with Crippen molar-refractivity contribution in [1.82, 2.24) is 19.9 Å². The van der Waals surface area contributed by atoms with Crippen LogP contribution < -0.4 is 20.9 Å². The van der Waals surface area contributed by atoms with Gasteiger partial charge in [0.15, 0.2) is 0 Å². The molecule has 3 N–H and O–H groups in total. The van der Waals surface area contributed by atoms with Crippen LogP contribution in [-0.4, -0.2) is 53.7 Å². The van der Waals surface area contributed by atoms with Gasteiger partial charge in [0.25, 0.3) is 0 Å². The van der Waals surface area contributed by atoms with Gasteiger partial charge >= 0.3 is 0 Å². The molecule has 5 rings (SSSR count). The molecule has 0 aliphatic rings. The molecule has 0 spiro atoms. The van der Waals surface area contributed by atoms with E-state index < -0.39 is 24.1 Å². The second-order valence-electron chi connectivity index (χ2n) is 9.82. The van der Waals surface area contributed by atoms with Crippen LogP contribution in [-0.2, 0) is 27.9 Å². The van der Waals surface area contributed by atoms with Crippen molar-refractivity contribution in [1.29, 1.82) is 0 Å². The predicted molar refractivity (Wildman–Crippen MR) is 168 cm³/mol. The SMILES string of the molecule is COCCNCc1cnc(-c2cc3nccc(N(C)c4ccc(NC(=O)CC(=O)Nc5ccccc5)cc4F)c3s2)n1C. The number of amides is 2. The molecule has 0 saturated heterocycles. The van der Waals surface area contributed by atoms with E-state index in [0.29, 0.717) is 24.5 Å². The van der Waals surface area contributed by atoms with Gasteiger partial charge in [-0.2, -0.15) is 0 Å². The summed E-state index contributed by atoms with van der Waals surface area (Å²) in [6.07, 6.45) is 3.16. The highest BCUT2D eigenvalue weighted by atomic mass is 32.1. The summed E-state index contributed by atoms with van der Waals surface area (Å²) < 4.78 is 23.4. The summed E-state index contributed by atoms with van der Waals surface area (Å²) in [6.45, 7) is 2.05. The number of nitrogens with zero attached hydrogens (tertiary/aromatic N) is 4. The Morgan fingerprint density at radius 3 is 2.51 bits per heavy atom. The molecule has 10 nitrogen and oxygen atoms in total. The summed E-state index contributed by atoms with van der Waals surface area (Å²) in [4.78, 5) is 36.5. The number of halogens is 1. The maximum atomic E-state index is 15.4. The standard InChI is InChI=1S/C31H32FN7O3S/c1-38-22(18-33-13-14-42-3)19-35-31(38)27-16-24-30(43-27)26(11-12-34-24)39(2)25-10-9-21(15-23(25)32)37-29(41)17-28(40)36-20-7-5-4-6-8-20/h4-12,15-16,19,33H,13-14,17-18H2,1-3H3,(H,36,40)(H,37,41). The fourth-order valence-corrected chi connectivity index (χ4v) is 5.79. The lowest BCUT2D eigenvalue weighted by molar-refractivity contribution is -0.123. The molecule has 5 aromatic rings. The molecular weight excluding hydrogens is 569 g/mol. The number of carbonyl (C=O) groups excluding carboxylic acids is 2. The lowest BCUT2D eigenvalue weighted by Gasteiger charge is -2.21. The van der Waals surface area contributed by atoms with E-state index in [-0.39, 0.29) is 5.69 Å². The number of carbonyl (C=O) groups is 2. The zero-order chi connectivity index (χ0) is 30.3. The number of anilines is 4. The largest absolute Gasteiger partial charge is 0.383 e. The molecule has 0 bridgehead atoms. The van der Waals surface area contributed by atoms with Crippen LogP contribution in [0.25, 0.3) is 20.9 Å². The van der Waals surface area contributed by atoms with Gasteiger partial charge in [-0.1, -0.05) is 18.2 Å². The number of fused-ring (bicyclic) bond motifs is 1. The molecule has 222 valence electrons. The minimum absolute atomic E-state index is 0.257. The summed E-state index contributed by atoms with van der Waals surface area (Å²) in [6, 6.07) is 17.1. The van der Waals surface area contributed by atoms with E-state index >= 15 is 4.39 Å². The number of methoxy groups -OCH3 is 1. The van der Waals surface area contributed by atoms with Crippen LogP contribution in [0, 0.1) is 5.82 Å². The lowest BCUT2D eigenvalue weighted by atomic mass is 10.2. The molecule has 0 atom stereocenters. The minimum Gasteiger partial charge on any atom is -0.383 e. The van der Waals surface area contributed by atoms with Crippen molar-refractivity contribution in [2.24, 2.45) is 7.05 Å². The van der Waals surface area contributed by atoms with Crippen LogP contribution in [0.2, 0.25) is 0 Å². The molecule has 3 aromatic heterocycles. The molecule has 0 unspecified atom stereocenters. The monoisotopic (exact) mass is 601 g/mol. The average Bonchev–Trinajstić information content (AvgIpc) is 3.58. The Hall–Kier alpha value is -4.65. The fourth-order valence-electron chi connectivity index (χ4n) is 4.59. The van der Waals surface area contributed by atoms with E-state index in [1.165, 1.54) is 17.4 Å². The van der Waals surface area contributed by atoms with Gasteiger partial charge in [0.2, 0.25) is 11.8 Å². The Balaban J connectivity index is 1.29. The summed E-state index contributed by atoms with van der Waals surface area (Å²) in [7, 11) is 5.43. The quantitative estimate of drug-likeness (QED) is 0.131. The number of ether oxygens (including phenoxy) is 1. The number of rotatable bonds is 12. The highest BCUT2D eigenvalue weighted by Crippen LogP contribution is 2.40. The maximum absolute atomic E-state index is 15.4. The van der Waals surface area contributed by atoms with Gasteiger partial charge in [-0.05, 0) is 42.5 Å². The number of thiophene rings is 1. The average molecular weight is 602 g/mol. The smallest absolute Gasteiger partial charge is 0.233 e. The van der Waals surface area contributed by atoms with Crippen molar-refractivity contribution >= 4 is 56.1 Å². The molecular formula is C31H32FN7O3S. The van der Waals surface area contributed by atoms with Gasteiger partial charge in [0, 0.05) is 51.9 Å². The maximum Gasteiger partial charge on any atom is 0.233 e. The predicted octanol–water partition coefficient (Wildman–Crippen LogP) is 5.31. The van der Waals surface area contributed by atoms with Gasteiger partial charge in [0.1, 0.15) is 18.1 Å². The second kappa shape index (κ2) is 13.6. The molecule has 0 aliphatic heterocycles. The second-order valence-corrected chi connectivity index (χ2v) is 10.9. The minimum atomic E-state index is -0.543. The molecule has 0 saturated carbocycles. The number of nitrogens with one attached hydrogen (secondary N) is 3. The van der Waals surface area contributed by atoms with E-state index in [9.17, 15) is 9.59 Å². The Kier molecular flexibility index (Phi) is 9.40. The number of imidazole rings is 1. The Labute approximate surface area is 252 Å². The van der Waals surface area contributed by atoms with Gasteiger partial charge in [-0.15, -0.1) is 11.3 Å². The van der Waals surface area contributed by atoms with Crippen LogP contribution in [0.3, 0.4) is 0 Å². The van der Waals surface area contributed by atoms with Crippen LogP contribution in [0.1, 0.15) is 12.1 Å². The molecule has 0 aliphatic carbocycles. The zero-order valence-corrected chi connectivity index (χ0v) is 24.9. The first-order valence-corrected chi connectivity index (χ1v) is 14.4. The number of hydrogen-bond acceptors (Lipinski definition) is 8. The van der Waals surface area contributed by atoms with E-state index in [1.807, 2.05) is 36.0 Å². The van der Waals surface area contributed by atoms with Crippen molar-refractivity contribution < 1.29 is 18.7 Å². The number of benzene rings is 2. The van der Waals surface area contributed by atoms with Gasteiger partial charge in [-0.25, -0.2) is 9.37 Å². The van der Waals surface area contributed by atoms with Crippen LogP contribution in [0.5, 0.6) is 0 Å². The first-order chi connectivity index (χ1) is 20.8. The van der Waals surface area contributed by atoms with Crippen molar-refractivity contribution in [3.8, 4) is 10.7 Å². The third-order valence-electron chi connectivity index (χ3n) is 6.82. The molecule has 0 fully saturated rings. The molecule has 43 heavy (non-hydrogen) atoms. The van der Waals surface area contributed by atoms with Crippen LogP contribution in [0.4, 0.5) is 27.1 Å². The highest BCUT2D eigenvalue weighted by molar-refractivity contribution is 7.22. The zero-order valence-electron chi connectivity index (χ0n) is 24.1. The molecule has 2 aromatic carbocycles. The molecule has 3 heterocycles. The van der Waals surface area contributed by atoms with Gasteiger partial charge < -0.3 is 30.2 Å². The normalized spacial score (nSPS) is 11.1. The first kappa shape index (κ1) is 29.8. The van der Waals surface area contributed by atoms with E-state index in [0.717, 1.165) is 38.8 Å². The number of pyridine rings is 1. The summed E-state index contributed by atoms with van der Waals surface area (Å²) in [5.74, 6) is -0.702. The summed E-state index contributed by atoms with van der Waals surface area (Å²) in [5.41, 5.74) is 3.78. The van der Waals surface area contributed by atoms with E-state index in [1.54, 1.807) is 61.7 Å². The fraction of sp³-hybridized carbons (Fsp3) is 0.226. The number of hydrogen-bond donors (Lipinski definition) is 3. The van der Waals surface area contributed by atoms with Crippen molar-refractivity contribution in [3.05, 3.63) is 84.6 Å². The van der Waals surface area contributed by atoms with Crippen molar-refractivity contribution in [2.45, 2.75) is 13.0 Å². The van der Waals surface area contributed by atoms with E-state index in [4.69, 9.17) is 4.74 Å². The number of aromatic nitrogens is 3. The third-order valence-corrected chi connectivity index (χ3v) is 7.96. The summed E-state index contributed by atoms with van der Waals surface area (Å²) >= 11 is 1.54. The van der Waals surface area contributed by atoms with Crippen LogP contribution >= 0.6 is 11.3 Å². The molecule has 0 radical (unpaired) electrons. The van der Waals surface area contributed by atoms with Crippen molar-refractivity contribution in [3.63, 3.8) is 0 Å². The van der Waals surface area contributed by atoms with Gasteiger partial charge in [-0.3, -0.25) is 14.6 Å². The lowest BCUT2D eigenvalue weighted by Crippen LogP contribution is -2.21. The Bertz CT molecular complexity index is 1740. The van der Waals surface area contributed by atoms with Crippen molar-refractivity contribution in [2.75, 3.05) is 42.8 Å². The first-order valence-electron chi connectivity index (χ1n) is 13.6. The molecule has 12 heteroatoms. The Morgan fingerprint density at radius 2 is 1.77 bits per heavy atom. The summed E-state index contributed by atoms with van der Waals surface area (Å²) in [5, 5.41) is 8.59. The number of para-hydroxylation sites is 1. The van der Waals surface area contributed by atoms with E-state index in [2.05, 4.69) is 25.9 Å². The topological polar surface area (TPSA) is 113 Å². The molecule has 2 amide bonds. The van der Waals surface area contributed by atoms with Crippen LogP contribution in [0.15, 0.2) is 73.1 Å².